The molecule has 2 aromatic heterocycles. The third-order valence-corrected chi connectivity index (χ3v) is 4.77. The van der Waals surface area contributed by atoms with E-state index in [0.717, 1.165) is 27.0 Å². The second kappa shape index (κ2) is 7.35. The maximum absolute atomic E-state index is 11.6. The molecular formula is C17H17ClN4O2S. The van der Waals surface area contributed by atoms with E-state index < -0.39 is 0 Å². The molecule has 0 spiro atoms. The lowest BCUT2D eigenvalue weighted by Gasteiger charge is -2.14. The Balaban J connectivity index is 1.93. The average Bonchev–Trinajstić information content (AvgIpc) is 2.96. The maximum atomic E-state index is 11.6. The van der Waals surface area contributed by atoms with Crippen LogP contribution in [0.3, 0.4) is 0 Å². The normalized spacial score (nSPS) is 10.9. The van der Waals surface area contributed by atoms with Gasteiger partial charge in [-0.3, -0.25) is 10.1 Å². The van der Waals surface area contributed by atoms with Crippen LogP contribution in [0.25, 0.3) is 21.3 Å². The molecule has 1 amide bonds. The van der Waals surface area contributed by atoms with Crippen LogP contribution in [-0.2, 0) is 9.53 Å². The Labute approximate surface area is 154 Å². The van der Waals surface area contributed by atoms with Gasteiger partial charge in [0.15, 0.2) is 10.3 Å². The third kappa shape index (κ3) is 3.89. The predicted octanol–water partition coefficient (Wildman–Crippen LogP) is 3.66. The molecule has 8 heteroatoms. The highest BCUT2D eigenvalue weighted by Gasteiger charge is 2.11. The molecular weight excluding hydrogens is 360 g/mol. The summed E-state index contributed by atoms with van der Waals surface area (Å²) < 4.78 is 5.79. The molecule has 0 aliphatic heterocycles. The van der Waals surface area contributed by atoms with Crippen LogP contribution < -0.4 is 10.2 Å². The van der Waals surface area contributed by atoms with Crippen LogP contribution >= 0.6 is 22.9 Å². The van der Waals surface area contributed by atoms with Gasteiger partial charge < -0.3 is 9.64 Å². The summed E-state index contributed by atoms with van der Waals surface area (Å²) in [5.41, 5.74) is 3.67. The van der Waals surface area contributed by atoms with E-state index >= 15 is 0 Å². The number of pyridine rings is 1. The first kappa shape index (κ1) is 17.6. The number of anilines is 2. The maximum Gasteiger partial charge on any atom is 0.252 e. The van der Waals surface area contributed by atoms with Crippen LogP contribution in [-0.4, -0.2) is 43.7 Å². The molecule has 1 N–H and O–H groups in total. The van der Waals surface area contributed by atoms with Gasteiger partial charge in [0.05, 0.1) is 15.9 Å². The van der Waals surface area contributed by atoms with Crippen LogP contribution in [0.4, 0.5) is 10.8 Å². The zero-order valence-corrected chi connectivity index (χ0v) is 15.6. The van der Waals surface area contributed by atoms with Crippen molar-refractivity contribution in [2.45, 2.75) is 0 Å². The number of thiazole rings is 1. The Hall–Kier alpha value is -2.22. The minimum Gasteiger partial charge on any atom is -0.375 e. The molecule has 3 aromatic rings. The first-order valence-electron chi connectivity index (χ1n) is 7.50. The van der Waals surface area contributed by atoms with Crippen LogP contribution in [0.5, 0.6) is 0 Å². The highest BCUT2D eigenvalue weighted by atomic mass is 35.5. The molecule has 25 heavy (non-hydrogen) atoms. The molecule has 1 aromatic carbocycles. The number of ether oxygens (including phenoxy) is 1. The van der Waals surface area contributed by atoms with E-state index in [1.165, 1.54) is 18.4 Å². The minimum absolute atomic E-state index is 0.00489. The second-order valence-corrected chi connectivity index (χ2v) is 7.00. The highest BCUT2D eigenvalue weighted by molar-refractivity contribution is 7.22. The van der Waals surface area contributed by atoms with Crippen LogP contribution in [0, 0.1) is 0 Å². The van der Waals surface area contributed by atoms with Gasteiger partial charge in [-0.05, 0) is 23.8 Å². The SMILES string of the molecule is COCC(=O)Nc1nc2ccc(-c3cnc(Cl)c(N(C)C)c3)cc2s1. The fourth-order valence-electron chi connectivity index (χ4n) is 2.35. The fraction of sp³-hybridized carbons (Fsp3) is 0.235. The van der Waals surface area contributed by atoms with Crippen molar-refractivity contribution >= 4 is 49.9 Å². The molecule has 0 fully saturated rings. The number of hydrogen-bond donors (Lipinski definition) is 1. The molecule has 0 atom stereocenters. The van der Waals surface area contributed by atoms with Crippen LogP contribution in [0.15, 0.2) is 30.5 Å². The Morgan fingerprint density at radius 2 is 2.12 bits per heavy atom. The highest BCUT2D eigenvalue weighted by Crippen LogP contribution is 2.33. The van der Waals surface area contributed by atoms with E-state index in [1.54, 1.807) is 6.20 Å². The van der Waals surface area contributed by atoms with E-state index in [1.807, 2.05) is 43.3 Å². The number of nitrogens with one attached hydrogen (secondary N) is 1. The number of aromatic nitrogens is 2. The average molecular weight is 377 g/mol. The number of methoxy groups -OCH3 is 1. The van der Waals surface area contributed by atoms with E-state index in [2.05, 4.69) is 15.3 Å². The number of amides is 1. The molecule has 0 saturated heterocycles. The summed E-state index contributed by atoms with van der Waals surface area (Å²) in [6.07, 6.45) is 1.75. The summed E-state index contributed by atoms with van der Waals surface area (Å²) in [6.45, 7) is 0.00489. The zero-order chi connectivity index (χ0) is 18.0. The predicted molar refractivity (Wildman–Crippen MR) is 103 cm³/mol. The lowest BCUT2D eigenvalue weighted by Crippen LogP contribution is -2.16. The number of nitrogens with zero attached hydrogens (tertiary/aromatic N) is 3. The molecule has 0 unspecified atom stereocenters. The van der Waals surface area contributed by atoms with E-state index in [4.69, 9.17) is 16.3 Å². The molecule has 0 radical (unpaired) electrons. The van der Waals surface area contributed by atoms with E-state index in [0.29, 0.717) is 10.3 Å². The van der Waals surface area contributed by atoms with Crippen molar-refractivity contribution in [3.63, 3.8) is 0 Å². The topological polar surface area (TPSA) is 67.3 Å². The van der Waals surface area contributed by atoms with Gasteiger partial charge in [-0.25, -0.2) is 9.97 Å². The number of fused-ring (bicyclic) bond motifs is 1. The molecule has 130 valence electrons. The largest absolute Gasteiger partial charge is 0.375 e. The van der Waals surface area contributed by atoms with Crippen molar-refractivity contribution in [1.82, 2.24) is 9.97 Å². The first-order valence-corrected chi connectivity index (χ1v) is 8.70. The standard InChI is InChI=1S/C17H17ClN4O2S/c1-22(2)13-6-11(8-19-16(13)18)10-4-5-12-14(7-10)25-17(20-12)21-15(23)9-24-3/h4-8H,9H2,1-3H3,(H,20,21,23). The van der Waals surface area contributed by atoms with E-state index in [9.17, 15) is 4.79 Å². The van der Waals surface area contributed by atoms with Gasteiger partial charge in [0, 0.05) is 33.0 Å². The van der Waals surface area contributed by atoms with Gasteiger partial charge in [-0.15, -0.1) is 0 Å². The monoisotopic (exact) mass is 376 g/mol. The molecule has 0 bridgehead atoms. The lowest BCUT2D eigenvalue weighted by atomic mass is 10.1. The Kier molecular flexibility index (Phi) is 5.17. The van der Waals surface area contributed by atoms with Gasteiger partial charge in [0.1, 0.15) is 6.61 Å². The summed E-state index contributed by atoms with van der Waals surface area (Å²) in [5.74, 6) is -0.223. The molecule has 0 aliphatic carbocycles. The number of hydrogen-bond acceptors (Lipinski definition) is 6. The number of carbonyl (C=O) groups excluding carboxylic acids is 1. The summed E-state index contributed by atoms with van der Waals surface area (Å²) in [7, 11) is 5.33. The molecule has 2 heterocycles. The molecule has 0 aliphatic rings. The van der Waals surface area contributed by atoms with Gasteiger partial charge >= 0.3 is 0 Å². The minimum atomic E-state index is -0.223. The number of rotatable bonds is 5. The summed E-state index contributed by atoms with van der Waals surface area (Å²) in [4.78, 5) is 22.2. The van der Waals surface area contributed by atoms with Gasteiger partial charge in [0.2, 0.25) is 0 Å². The zero-order valence-electron chi connectivity index (χ0n) is 14.0. The first-order chi connectivity index (χ1) is 12.0. The number of benzene rings is 1. The Morgan fingerprint density at radius 3 is 2.84 bits per heavy atom. The second-order valence-electron chi connectivity index (χ2n) is 5.61. The summed E-state index contributed by atoms with van der Waals surface area (Å²) >= 11 is 7.56. The number of carbonyl (C=O) groups is 1. The van der Waals surface area contributed by atoms with Crippen molar-refractivity contribution in [3.8, 4) is 11.1 Å². The Bertz CT molecular complexity index is 926. The van der Waals surface area contributed by atoms with Crippen molar-refractivity contribution < 1.29 is 9.53 Å². The van der Waals surface area contributed by atoms with Gasteiger partial charge in [-0.2, -0.15) is 0 Å². The molecule has 3 rings (SSSR count). The van der Waals surface area contributed by atoms with Gasteiger partial charge in [0.25, 0.3) is 5.91 Å². The number of halogens is 1. The van der Waals surface area contributed by atoms with Crippen LogP contribution in [0.1, 0.15) is 0 Å². The van der Waals surface area contributed by atoms with Crippen molar-refractivity contribution in [2.24, 2.45) is 0 Å². The fourth-order valence-corrected chi connectivity index (χ4v) is 3.55. The molecule has 0 saturated carbocycles. The lowest BCUT2D eigenvalue weighted by molar-refractivity contribution is -0.119. The Morgan fingerprint density at radius 1 is 1.32 bits per heavy atom. The van der Waals surface area contributed by atoms with Crippen molar-refractivity contribution in [2.75, 3.05) is 38.0 Å². The quantitative estimate of drug-likeness (QED) is 0.688. The smallest absolute Gasteiger partial charge is 0.252 e. The third-order valence-electron chi connectivity index (χ3n) is 3.55. The van der Waals surface area contributed by atoms with Crippen molar-refractivity contribution in [1.29, 1.82) is 0 Å². The van der Waals surface area contributed by atoms with Gasteiger partial charge in [-0.1, -0.05) is 29.0 Å². The van der Waals surface area contributed by atoms with E-state index in [-0.39, 0.29) is 12.5 Å². The van der Waals surface area contributed by atoms with Crippen molar-refractivity contribution in [3.05, 3.63) is 35.6 Å². The summed E-state index contributed by atoms with van der Waals surface area (Å²) in [5, 5.41) is 3.75. The molecule has 6 nitrogen and oxygen atoms in total. The summed E-state index contributed by atoms with van der Waals surface area (Å²) in [6, 6.07) is 7.94. The van der Waals surface area contributed by atoms with Crippen LogP contribution in [0.2, 0.25) is 5.15 Å².